The van der Waals surface area contributed by atoms with E-state index in [0.29, 0.717) is 0 Å². The quantitative estimate of drug-likeness (QED) is 0.505. The van der Waals surface area contributed by atoms with Crippen molar-refractivity contribution < 1.29 is 14.5 Å². The number of carbonyl (C=O) groups is 2. The SMILES string of the molecule is C[C@H](N)C(=O)N[C@@H](C)C(=O)NCc1ccc([N+](=O)[O-])cc1. The summed E-state index contributed by atoms with van der Waals surface area (Å²) >= 11 is 0. The summed E-state index contributed by atoms with van der Waals surface area (Å²) in [5.74, 6) is -0.768. The minimum absolute atomic E-state index is 0.0114. The number of nitro benzene ring substituents is 1. The number of benzene rings is 1. The van der Waals surface area contributed by atoms with Gasteiger partial charge in [0.2, 0.25) is 11.8 Å². The van der Waals surface area contributed by atoms with E-state index in [4.69, 9.17) is 5.73 Å². The van der Waals surface area contributed by atoms with Crippen molar-refractivity contribution in [3.63, 3.8) is 0 Å². The molecular weight excluding hydrogens is 276 g/mol. The maximum absolute atomic E-state index is 11.8. The van der Waals surface area contributed by atoms with Gasteiger partial charge in [-0.05, 0) is 19.4 Å². The molecule has 8 nitrogen and oxygen atoms in total. The van der Waals surface area contributed by atoms with Crippen LogP contribution in [0.5, 0.6) is 0 Å². The molecule has 2 amide bonds. The molecule has 1 aromatic carbocycles. The Kier molecular flexibility index (Phi) is 5.79. The first kappa shape index (κ1) is 16.6. The summed E-state index contributed by atoms with van der Waals surface area (Å²) in [5, 5.41) is 15.6. The average molecular weight is 294 g/mol. The third-order valence-corrected chi connectivity index (χ3v) is 2.78. The van der Waals surface area contributed by atoms with Gasteiger partial charge in [-0.1, -0.05) is 12.1 Å². The van der Waals surface area contributed by atoms with Gasteiger partial charge >= 0.3 is 0 Å². The Morgan fingerprint density at radius 2 is 1.81 bits per heavy atom. The molecule has 1 rings (SSSR count). The second-order valence-electron chi connectivity index (χ2n) is 4.66. The minimum Gasteiger partial charge on any atom is -0.350 e. The number of rotatable bonds is 6. The average Bonchev–Trinajstić information content (AvgIpc) is 2.44. The van der Waals surface area contributed by atoms with Crippen LogP contribution >= 0.6 is 0 Å². The number of hydrogen-bond acceptors (Lipinski definition) is 5. The first-order valence-electron chi connectivity index (χ1n) is 6.38. The van der Waals surface area contributed by atoms with Gasteiger partial charge in [-0.25, -0.2) is 0 Å². The predicted molar refractivity (Wildman–Crippen MR) is 76.2 cm³/mol. The fraction of sp³-hybridized carbons (Fsp3) is 0.385. The zero-order valence-electron chi connectivity index (χ0n) is 11.8. The first-order chi connectivity index (χ1) is 9.81. The molecule has 0 saturated heterocycles. The van der Waals surface area contributed by atoms with Crippen LogP contribution in [0.25, 0.3) is 0 Å². The lowest BCUT2D eigenvalue weighted by atomic mass is 10.2. The number of hydrogen-bond donors (Lipinski definition) is 3. The number of nitrogens with zero attached hydrogens (tertiary/aromatic N) is 1. The van der Waals surface area contributed by atoms with E-state index in [-0.39, 0.29) is 18.1 Å². The van der Waals surface area contributed by atoms with Crippen molar-refractivity contribution in [3.8, 4) is 0 Å². The molecule has 0 aliphatic rings. The molecular formula is C13H18N4O4. The molecule has 8 heteroatoms. The number of non-ortho nitro benzene ring substituents is 1. The molecule has 0 heterocycles. The number of nitrogens with two attached hydrogens (primary N) is 1. The van der Waals surface area contributed by atoms with Gasteiger partial charge in [-0.2, -0.15) is 0 Å². The lowest BCUT2D eigenvalue weighted by Crippen LogP contribution is -2.49. The molecule has 114 valence electrons. The lowest BCUT2D eigenvalue weighted by Gasteiger charge is -2.15. The Morgan fingerprint density at radius 3 is 2.29 bits per heavy atom. The molecule has 0 aliphatic heterocycles. The molecule has 0 bridgehead atoms. The van der Waals surface area contributed by atoms with E-state index < -0.39 is 22.9 Å². The lowest BCUT2D eigenvalue weighted by molar-refractivity contribution is -0.384. The molecule has 4 N–H and O–H groups in total. The molecule has 21 heavy (non-hydrogen) atoms. The zero-order valence-corrected chi connectivity index (χ0v) is 11.8. The maximum atomic E-state index is 11.8. The molecule has 0 unspecified atom stereocenters. The Balaban J connectivity index is 2.48. The summed E-state index contributed by atoms with van der Waals surface area (Å²) in [7, 11) is 0. The summed E-state index contributed by atoms with van der Waals surface area (Å²) in [6.07, 6.45) is 0. The molecule has 0 saturated carbocycles. The van der Waals surface area contributed by atoms with Crippen molar-refractivity contribution in [2.45, 2.75) is 32.5 Å². The minimum atomic E-state index is -0.707. The Labute approximate surface area is 121 Å². The summed E-state index contributed by atoms with van der Waals surface area (Å²) in [4.78, 5) is 33.1. The Hall–Kier alpha value is -2.48. The molecule has 0 aliphatic carbocycles. The van der Waals surface area contributed by atoms with Crippen LogP contribution in [0.2, 0.25) is 0 Å². The Bertz CT molecular complexity index is 527. The van der Waals surface area contributed by atoms with E-state index in [9.17, 15) is 19.7 Å². The fourth-order valence-corrected chi connectivity index (χ4v) is 1.49. The van der Waals surface area contributed by atoms with Gasteiger partial charge in [0.1, 0.15) is 6.04 Å². The van der Waals surface area contributed by atoms with Gasteiger partial charge in [0.25, 0.3) is 5.69 Å². The first-order valence-corrected chi connectivity index (χ1v) is 6.38. The van der Waals surface area contributed by atoms with E-state index in [0.717, 1.165) is 5.56 Å². The smallest absolute Gasteiger partial charge is 0.269 e. The van der Waals surface area contributed by atoms with Crippen molar-refractivity contribution in [1.29, 1.82) is 0 Å². The van der Waals surface area contributed by atoms with Crippen molar-refractivity contribution >= 4 is 17.5 Å². The van der Waals surface area contributed by atoms with Gasteiger partial charge in [-0.15, -0.1) is 0 Å². The predicted octanol–water partition coefficient (Wildman–Crippen LogP) is 0.0629. The highest BCUT2D eigenvalue weighted by Crippen LogP contribution is 2.11. The summed E-state index contributed by atoms with van der Waals surface area (Å²) in [5.41, 5.74) is 6.10. The second kappa shape index (κ2) is 7.34. The van der Waals surface area contributed by atoms with Crippen molar-refractivity contribution in [3.05, 3.63) is 39.9 Å². The van der Waals surface area contributed by atoms with Crippen LogP contribution in [0.4, 0.5) is 5.69 Å². The molecule has 2 atom stereocenters. The molecule has 1 aromatic rings. The molecule has 0 fully saturated rings. The van der Waals surface area contributed by atoms with Crippen molar-refractivity contribution in [1.82, 2.24) is 10.6 Å². The normalized spacial score (nSPS) is 13.1. The van der Waals surface area contributed by atoms with E-state index in [2.05, 4.69) is 10.6 Å². The van der Waals surface area contributed by atoms with Crippen LogP contribution in [0.1, 0.15) is 19.4 Å². The third-order valence-electron chi connectivity index (χ3n) is 2.78. The highest BCUT2D eigenvalue weighted by molar-refractivity contribution is 5.89. The number of carbonyl (C=O) groups excluding carboxylic acids is 2. The summed E-state index contributed by atoms with van der Waals surface area (Å²) < 4.78 is 0. The van der Waals surface area contributed by atoms with E-state index in [1.54, 1.807) is 19.1 Å². The second-order valence-corrected chi connectivity index (χ2v) is 4.66. The van der Waals surface area contributed by atoms with Gasteiger partial charge in [0.15, 0.2) is 0 Å². The van der Waals surface area contributed by atoms with Gasteiger partial charge < -0.3 is 16.4 Å². The van der Waals surface area contributed by atoms with Gasteiger partial charge in [0, 0.05) is 18.7 Å². The summed E-state index contributed by atoms with van der Waals surface area (Å²) in [6.45, 7) is 3.29. The zero-order chi connectivity index (χ0) is 16.0. The topological polar surface area (TPSA) is 127 Å². The highest BCUT2D eigenvalue weighted by Gasteiger charge is 2.17. The van der Waals surface area contributed by atoms with Crippen LogP contribution in [-0.2, 0) is 16.1 Å². The number of nitrogens with one attached hydrogen (secondary N) is 2. The molecule has 0 spiro atoms. The standard InChI is InChI=1S/C13H18N4O4/c1-8(14)12(18)16-9(2)13(19)15-7-10-3-5-11(6-4-10)17(20)21/h3-6,8-9H,7,14H2,1-2H3,(H,15,19)(H,16,18)/t8-,9-/m0/s1. The molecule has 0 radical (unpaired) electrons. The monoisotopic (exact) mass is 294 g/mol. The third kappa shape index (κ3) is 5.19. The largest absolute Gasteiger partial charge is 0.350 e. The van der Waals surface area contributed by atoms with Crippen LogP contribution in [0, 0.1) is 10.1 Å². The Morgan fingerprint density at radius 1 is 1.24 bits per heavy atom. The highest BCUT2D eigenvalue weighted by atomic mass is 16.6. The number of nitro groups is 1. The van der Waals surface area contributed by atoms with Crippen LogP contribution in [0.3, 0.4) is 0 Å². The van der Waals surface area contributed by atoms with E-state index >= 15 is 0 Å². The van der Waals surface area contributed by atoms with Crippen molar-refractivity contribution in [2.75, 3.05) is 0 Å². The van der Waals surface area contributed by atoms with Crippen molar-refractivity contribution in [2.24, 2.45) is 5.73 Å². The molecule has 0 aromatic heterocycles. The van der Waals surface area contributed by atoms with Crippen LogP contribution in [0.15, 0.2) is 24.3 Å². The maximum Gasteiger partial charge on any atom is 0.269 e. The fourth-order valence-electron chi connectivity index (χ4n) is 1.49. The van der Waals surface area contributed by atoms with Crippen LogP contribution in [-0.4, -0.2) is 28.8 Å². The van der Waals surface area contributed by atoms with E-state index in [1.165, 1.54) is 19.1 Å². The van der Waals surface area contributed by atoms with Gasteiger partial charge in [0.05, 0.1) is 11.0 Å². The number of amides is 2. The summed E-state index contributed by atoms with van der Waals surface area (Å²) in [6, 6.07) is 4.45. The van der Waals surface area contributed by atoms with Crippen LogP contribution < -0.4 is 16.4 Å². The van der Waals surface area contributed by atoms with Gasteiger partial charge in [-0.3, -0.25) is 19.7 Å². The van der Waals surface area contributed by atoms with E-state index in [1.807, 2.05) is 0 Å².